The van der Waals surface area contributed by atoms with Crippen molar-refractivity contribution >= 4 is 28.0 Å². The third-order valence-corrected chi connectivity index (χ3v) is 4.91. The molecule has 0 spiro atoms. The fraction of sp³-hybridized carbons (Fsp3) is 0.278. The van der Waals surface area contributed by atoms with Gasteiger partial charge in [0.2, 0.25) is 16.0 Å². The number of nitrogens with zero attached hydrogens (tertiary/aromatic N) is 2. The van der Waals surface area contributed by atoms with Gasteiger partial charge in [-0.25, -0.2) is 27.6 Å². The number of anilines is 1. The average molecular weight is 393 g/mol. The van der Waals surface area contributed by atoms with Crippen molar-refractivity contribution < 1.29 is 22.7 Å². The summed E-state index contributed by atoms with van der Waals surface area (Å²) in [6, 6.07) is 5.45. The molecule has 0 aliphatic rings. The van der Waals surface area contributed by atoms with Crippen LogP contribution in [0.25, 0.3) is 17.3 Å². The molecular formula is C18H20FN3O4S. The maximum atomic E-state index is 13.3. The third kappa shape index (κ3) is 5.33. The fourth-order valence-corrected chi connectivity index (χ4v) is 2.84. The second-order valence-electron chi connectivity index (χ2n) is 6.03. The SMILES string of the molecule is CCS(=O)(=O)Nc1nc(-c2ccc(F)cc2)c(C=CC(=O)O)c(C(C)C)n1. The van der Waals surface area contributed by atoms with E-state index in [2.05, 4.69) is 14.7 Å². The van der Waals surface area contributed by atoms with E-state index in [1.807, 2.05) is 13.8 Å². The number of sulfonamides is 1. The molecule has 0 bridgehead atoms. The molecule has 0 saturated carbocycles. The second-order valence-corrected chi connectivity index (χ2v) is 8.04. The highest BCUT2D eigenvalue weighted by molar-refractivity contribution is 7.92. The Balaban J connectivity index is 2.75. The summed E-state index contributed by atoms with van der Waals surface area (Å²) >= 11 is 0. The van der Waals surface area contributed by atoms with E-state index in [9.17, 15) is 17.6 Å². The number of rotatable bonds is 7. The molecule has 2 aromatic rings. The lowest BCUT2D eigenvalue weighted by molar-refractivity contribution is -0.131. The number of aliphatic carboxylic acids is 1. The van der Waals surface area contributed by atoms with Gasteiger partial charge in [-0.2, -0.15) is 0 Å². The zero-order chi connectivity index (χ0) is 20.2. The van der Waals surface area contributed by atoms with Gasteiger partial charge in [0.1, 0.15) is 5.82 Å². The van der Waals surface area contributed by atoms with Crippen molar-refractivity contribution in [1.29, 1.82) is 0 Å². The van der Waals surface area contributed by atoms with E-state index < -0.39 is 21.8 Å². The first-order valence-electron chi connectivity index (χ1n) is 8.22. The van der Waals surface area contributed by atoms with E-state index >= 15 is 0 Å². The van der Waals surface area contributed by atoms with Crippen LogP contribution in [-0.4, -0.2) is 35.2 Å². The summed E-state index contributed by atoms with van der Waals surface area (Å²) < 4.78 is 39.4. The number of hydrogen-bond acceptors (Lipinski definition) is 5. The summed E-state index contributed by atoms with van der Waals surface area (Å²) in [5.41, 5.74) is 1.71. The van der Waals surface area contributed by atoms with E-state index in [-0.39, 0.29) is 17.6 Å². The maximum absolute atomic E-state index is 13.3. The van der Waals surface area contributed by atoms with Gasteiger partial charge in [0.25, 0.3) is 0 Å². The monoisotopic (exact) mass is 393 g/mol. The summed E-state index contributed by atoms with van der Waals surface area (Å²) in [7, 11) is -3.61. The average Bonchev–Trinajstić information content (AvgIpc) is 2.60. The van der Waals surface area contributed by atoms with Crippen LogP contribution in [0.15, 0.2) is 30.3 Å². The number of benzene rings is 1. The molecule has 1 heterocycles. The predicted molar refractivity (Wildman–Crippen MR) is 101 cm³/mol. The van der Waals surface area contributed by atoms with Crippen LogP contribution >= 0.6 is 0 Å². The number of carboxylic acid groups (broad SMARTS) is 1. The topological polar surface area (TPSA) is 109 Å². The molecular weight excluding hydrogens is 373 g/mol. The largest absolute Gasteiger partial charge is 0.478 e. The van der Waals surface area contributed by atoms with Gasteiger partial charge < -0.3 is 5.11 Å². The number of aromatic nitrogens is 2. The maximum Gasteiger partial charge on any atom is 0.328 e. The van der Waals surface area contributed by atoms with Gasteiger partial charge in [-0.1, -0.05) is 13.8 Å². The van der Waals surface area contributed by atoms with E-state index in [1.54, 1.807) is 0 Å². The molecule has 0 saturated heterocycles. The summed E-state index contributed by atoms with van der Waals surface area (Å²) in [4.78, 5) is 19.5. The quantitative estimate of drug-likeness (QED) is 0.699. The van der Waals surface area contributed by atoms with Crippen LogP contribution in [0.1, 0.15) is 37.9 Å². The van der Waals surface area contributed by atoms with Gasteiger partial charge in [-0.3, -0.25) is 4.72 Å². The van der Waals surface area contributed by atoms with Gasteiger partial charge in [0.05, 0.1) is 17.1 Å². The Morgan fingerprint density at radius 2 is 1.89 bits per heavy atom. The highest BCUT2D eigenvalue weighted by Gasteiger charge is 2.19. The second kappa shape index (κ2) is 8.26. The number of hydrogen-bond donors (Lipinski definition) is 2. The van der Waals surface area contributed by atoms with Crippen molar-refractivity contribution in [3.8, 4) is 11.3 Å². The van der Waals surface area contributed by atoms with Gasteiger partial charge in [0, 0.05) is 17.2 Å². The van der Waals surface area contributed by atoms with Crippen LogP contribution in [0.4, 0.5) is 10.3 Å². The molecule has 0 fully saturated rings. The van der Waals surface area contributed by atoms with Gasteiger partial charge >= 0.3 is 5.97 Å². The van der Waals surface area contributed by atoms with E-state index in [0.29, 0.717) is 22.5 Å². The Morgan fingerprint density at radius 3 is 2.41 bits per heavy atom. The summed E-state index contributed by atoms with van der Waals surface area (Å²) in [6.07, 6.45) is 2.31. The minimum Gasteiger partial charge on any atom is -0.478 e. The molecule has 1 aromatic carbocycles. The predicted octanol–water partition coefficient (Wildman–Crippen LogP) is 3.27. The van der Waals surface area contributed by atoms with E-state index in [4.69, 9.17) is 5.11 Å². The Bertz CT molecular complexity index is 971. The lowest BCUT2D eigenvalue weighted by Crippen LogP contribution is -2.18. The molecule has 2 N–H and O–H groups in total. The molecule has 7 nitrogen and oxygen atoms in total. The molecule has 0 aliphatic carbocycles. The van der Waals surface area contributed by atoms with Crippen molar-refractivity contribution in [3.63, 3.8) is 0 Å². The van der Waals surface area contributed by atoms with Crippen molar-refractivity contribution in [2.24, 2.45) is 0 Å². The first kappa shape index (κ1) is 20.5. The summed E-state index contributed by atoms with van der Waals surface area (Å²) in [5, 5.41) is 8.97. The Labute approximate surface area is 157 Å². The first-order chi connectivity index (χ1) is 12.6. The molecule has 0 unspecified atom stereocenters. The molecule has 9 heteroatoms. The summed E-state index contributed by atoms with van der Waals surface area (Å²) in [6.45, 7) is 5.16. The van der Waals surface area contributed by atoms with Crippen molar-refractivity contribution in [3.05, 3.63) is 47.4 Å². The lowest BCUT2D eigenvalue weighted by Gasteiger charge is -2.16. The van der Waals surface area contributed by atoms with Crippen LogP contribution < -0.4 is 4.72 Å². The Morgan fingerprint density at radius 1 is 1.26 bits per heavy atom. The first-order valence-corrected chi connectivity index (χ1v) is 9.87. The number of halogens is 1. The molecule has 0 amide bonds. The van der Waals surface area contributed by atoms with Crippen LogP contribution in [0.5, 0.6) is 0 Å². The van der Waals surface area contributed by atoms with Crippen LogP contribution in [-0.2, 0) is 14.8 Å². The number of carbonyl (C=O) groups is 1. The van der Waals surface area contributed by atoms with Gasteiger partial charge in [0.15, 0.2) is 0 Å². The normalized spacial score (nSPS) is 11.9. The molecule has 144 valence electrons. The minimum absolute atomic E-state index is 0.118. The highest BCUT2D eigenvalue weighted by atomic mass is 32.2. The number of nitrogens with one attached hydrogen (secondary N) is 1. The third-order valence-electron chi connectivity index (χ3n) is 3.66. The van der Waals surface area contributed by atoms with E-state index in [0.717, 1.165) is 6.08 Å². The van der Waals surface area contributed by atoms with Crippen LogP contribution in [0.3, 0.4) is 0 Å². The molecule has 2 rings (SSSR count). The molecule has 0 atom stereocenters. The zero-order valence-electron chi connectivity index (χ0n) is 15.1. The minimum atomic E-state index is -3.61. The van der Waals surface area contributed by atoms with Crippen molar-refractivity contribution in [1.82, 2.24) is 9.97 Å². The van der Waals surface area contributed by atoms with Gasteiger partial charge in [-0.15, -0.1) is 0 Å². The van der Waals surface area contributed by atoms with E-state index in [1.165, 1.54) is 37.3 Å². The Hall–Kier alpha value is -2.81. The van der Waals surface area contributed by atoms with Gasteiger partial charge in [-0.05, 0) is 43.2 Å². The number of carboxylic acids is 1. The standard InChI is InChI=1S/C18H20FN3O4S/c1-4-27(25,26)22-18-20-16(11(2)3)14(9-10-15(23)24)17(21-18)12-5-7-13(19)8-6-12/h5-11H,4H2,1-3H3,(H,23,24)(H,20,21,22). The molecule has 0 aliphatic heterocycles. The van der Waals surface area contributed by atoms with Crippen molar-refractivity contribution in [2.75, 3.05) is 10.5 Å². The van der Waals surface area contributed by atoms with Crippen LogP contribution in [0.2, 0.25) is 0 Å². The molecule has 1 aromatic heterocycles. The molecule has 0 radical (unpaired) electrons. The highest BCUT2D eigenvalue weighted by Crippen LogP contribution is 2.30. The van der Waals surface area contributed by atoms with Crippen molar-refractivity contribution in [2.45, 2.75) is 26.7 Å². The smallest absolute Gasteiger partial charge is 0.328 e. The zero-order valence-corrected chi connectivity index (χ0v) is 15.9. The Kier molecular flexibility index (Phi) is 6.27. The molecule has 27 heavy (non-hydrogen) atoms. The fourth-order valence-electron chi connectivity index (χ4n) is 2.33. The van der Waals surface area contributed by atoms with Crippen LogP contribution in [0, 0.1) is 5.82 Å². The lowest BCUT2D eigenvalue weighted by atomic mass is 9.98. The summed E-state index contributed by atoms with van der Waals surface area (Å²) in [5.74, 6) is -2.00.